The van der Waals surface area contributed by atoms with Crippen molar-refractivity contribution in [1.29, 1.82) is 0 Å². The molecule has 0 radical (unpaired) electrons. The number of sulfonamides is 1. The lowest BCUT2D eigenvalue weighted by molar-refractivity contribution is -0.143. The van der Waals surface area contributed by atoms with Gasteiger partial charge in [0.05, 0.1) is 11.5 Å². The van der Waals surface area contributed by atoms with Crippen LogP contribution in [0.2, 0.25) is 0 Å². The number of ether oxygens (including phenoxy) is 1. The normalized spacial score (nSPS) is 11.4. The Bertz CT molecular complexity index is 628. The Kier molecular flexibility index (Phi) is 6.04. The van der Waals surface area contributed by atoms with Crippen molar-refractivity contribution in [3.8, 4) is 0 Å². The summed E-state index contributed by atoms with van der Waals surface area (Å²) in [6.07, 6.45) is 1.35. The maximum Gasteiger partial charge on any atom is 0.321 e. The van der Waals surface area contributed by atoms with E-state index in [0.29, 0.717) is 5.56 Å². The maximum atomic E-state index is 13.5. The van der Waals surface area contributed by atoms with Crippen LogP contribution in [0.4, 0.5) is 4.39 Å². The second kappa shape index (κ2) is 7.33. The summed E-state index contributed by atoms with van der Waals surface area (Å²) in [7, 11) is -3.99. The van der Waals surface area contributed by atoms with Crippen molar-refractivity contribution in [2.24, 2.45) is 0 Å². The molecule has 1 rings (SSSR count). The molecule has 0 fully saturated rings. The number of carbonyl (C=O) groups excluding carboxylic acids is 1. The number of carbonyl (C=O) groups is 1. The first-order chi connectivity index (χ1) is 9.82. The molecule has 0 bridgehead atoms. The topological polar surface area (TPSA) is 63.7 Å². The van der Waals surface area contributed by atoms with Gasteiger partial charge >= 0.3 is 5.97 Å². The van der Waals surface area contributed by atoms with Gasteiger partial charge in [-0.15, -0.1) is 6.58 Å². The average molecular weight is 315 g/mol. The number of aryl methyl sites for hydroxylation is 1. The van der Waals surface area contributed by atoms with E-state index in [1.54, 1.807) is 6.92 Å². The minimum Gasteiger partial charge on any atom is -0.465 e. The van der Waals surface area contributed by atoms with Crippen LogP contribution in [0.25, 0.3) is 0 Å². The predicted molar refractivity (Wildman–Crippen MR) is 76.7 cm³/mol. The van der Waals surface area contributed by atoms with Gasteiger partial charge in [-0.25, -0.2) is 12.8 Å². The molecule has 0 aliphatic carbocycles. The Labute approximate surface area is 124 Å². The zero-order valence-corrected chi connectivity index (χ0v) is 12.8. The summed E-state index contributed by atoms with van der Waals surface area (Å²) in [5.41, 5.74) is 0.342. The Morgan fingerprint density at radius 2 is 2.14 bits per heavy atom. The number of rotatable bonds is 7. The third kappa shape index (κ3) is 4.37. The minimum absolute atomic E-state index is 0.0728. The van der Waals surface area contributed by atoms with Gasteiger partial charge in [-0.05, 0) is 31.5 Å². The highest BCUT2D eigenvalue weighted by molar-refractivity contribution is 7.89. The number of esters is 1. The van der Waals surface area contributed by atoms with Gasteiger partial charge in [-0.3, -0.25) is 4.79 Å². The molecule has 0 N–H and O–H groups in total. The molecule has 1 aromatic rings. The highest BCUT2D eigenvalue weighted by Crippen LogP contribution is 2.18. The fourth-order valence-electron chi connectivity index (χ4n) is 1.63. The molecule has 0 atom stereocenters. The standard InChI is InChI=1S/C14H18FNO4S/c1-4-8-16(10-14(17)20-5-2)21(18,19)12-7-6-11(3)13(15)9-12/h4,6-7,9H,1,5,8,10H2,2-3H3. The molecule has 0 aliphatic rings. The number of hydrogen-bond donors (Lipinski definition) is 0. The first-order valence-corrected chi connectivity index (χ1v) is 7.79. The fraction of sp³-hybridized carbons (Fsp3) is 0.357. The smallest absolute Gasteiger partial charge is 0.321 e. The van der Waals surface area contributed by atoms with E-state index >= 15 is 0 Å². The number of benzene rings is 1. The summed E-state index contributed by atoms with van der Waals surface area (Å²) >= 11 is 0. The third-order valence-electron chi connectivity index (χ3n) is 2.72. The lowest BCUT2D eigenvalue weighted by Crippen LogP contribution is -2.36. The molecule has 0 aromatic heterocycles. The average Bonchev–Trinajstić information content (AvgIpc) is 2.41. The van der Waals surface area contributed by atoms with Crippen molar-refractivity contribution in [2.45, 2.75) is 18.7 Å². The van der Waals surface area contributed by atoms with Crippen LogP contribution in [0.5, 0.6) is 0 Å². The second-order valence-corrected chi connectivity index (χ2v) is 6.24. The Balaban J connectivity index is 3.11. The van der Waals surface area contributed by atoms with Gasteiger partial charge in [0.2, 0.25) is 10.0 Å². The zero-order valence-electron chi connectivity index (χ0n) is 12.0. The fourth-order valence-corrected chi connectivity index (χ4v) is 2.99. The predicted octanol–water partition coefficient (Wildman–Crippen LogP) is 1.87. The number of halogens is 1. The highest BCUT2D eigenvalue weighted by Gasteiger charge is 2.26. The van der Waals surface area contributed by atoms with Crippen molar-refractivity contribution >= 4 is 16.0 Å². The van der Waals surface area contributed by atoms with E-state index < -0.39 is 28.4 Å². The molecule has 1 aromatic carbocycles. The first-order valence-electron chi connectivity index (χ1n) is 6.35. The van der Waals surface area contributed by atoms with Crippen LogP contribution in [0, 0.1) is 12.7 Å². The van der Waals surface area contributed by atoms with E-state index in [2.05, 4.69) is 6.58 Å². The zero-order chi connectivity index (χ0) is 16.0. The van der Waals surface area contributed by atoms with Crippen LogP contribution in [-0.4, -0.2) is 38.4 Å². The van der Waals surface area contributed by atoms with Crippen molar-refractivity contribution in [2.75, 3.05) is 19.7 Å². The molecule has 0 aliphatic heterocycles. The summed E-state index contributed by atoms with van der Waals surface area (Å²) in [5.74, 6) is -1.29. The van der Waals surface area contributed by atoms with Crippen molar-refractivity contribution in [3.05, 3.63) is 42.2 Å². The molecule has 0 heterocycles. The summed E-state index contributed by atoms with van der Waals surface area (Å²) in [6.45, 7) is 6.25. The second-order valence-electron chi connectivity index (χ2n) is 4.30. The molecule has 0 saturated carbocycles. The minimum atomic E-state index is -3.99. The molecule has 116 valence electrons. The van der Waals surface area contributed by atoms with E-state index in [1.807, 2.05) is 0 Å². The number of hydrogen-bond acceptors (Lipinski definition) is 4. The van der Waals surface area contributed by atoms with Crippen molar-refractivity contribution in [3.63, 3.8) is 0 Å². The molecule has 0 spiro atoms. The Morgan fingerprint density at radius 1 is 1.48 bits per heavy atom. The quantitative estimate of drug-likeness (QED) is 0.569. The van der Waals surface area contributed by atoms with Gasteiger partial charge < -0.3 is 4.74 Å². The molecule has 7 heteroatoms. The number of nitrogens with zero attached hydrogens (tertiary/aromatic N) is 1. The monoisotopic (exact) mass is 315 g/mol. The lowest BCUT2D eigenvalue weighted by Gasteiger charge is -2.20. The van der Waals surface area contributed by atoms with Crippen LogP contribution < -0.4 is 0 Å². The summed E-state index contributed by atoms with van der Waals surface area (Å²) < 4.78 is 44.0. The van der Waals surface area contributed by atoms with Gasteiger partial charge in [0.25, 0.3) is 0 Å². The highest BCUT2D eigenvalue weighted by atomic mass is 32.2. The summed E-state index contributed by atoms with van der Waals surface area (Å²) in [5, 5.41) is 0. The van der Waals surface area contributed by atoms with E-state index in [-0.39, 0.29) is 18.0 Å². The molecule has 0 saturated heterocycles. The van der Waals surface area contributed by atoms with Gasteiger partial charge in [0.15, 0.2) is 0 Å². The SMILES string of the molecule is C=CCN(CC(=O)OCC)S(=O)(=O)c1ccc(C)c(F)c1. The van der Waals surface area contributed by atoms with Crippen molar-refractivity contribution < 1.29 is 22.3 Å². The lowest BCUT2D eigenvalue weighted by atomic mass is 10.2. The Morgan fingerprint density at radius 3 is 2.67 bits per heavy atom. The maximum absolute atomic E-state index is 13.5. The van der Waals surface area contributed by atoms with Gasteiger partial charge in [0.1, 0.15) is 12.4 Å². The Hall–Kier alpha value is -1.73. The van der Waals surface area contributed by atoms with Gasteiger partial charge in [-0.2, -0.15) is 4.31 Å². The van der Waals surface area contributed by atoms with Crippen LogP contribution in [-0.2, 0) is 19.6 Å². The van der Waals surface area contributed by atoms with Crippen molar-refractivity contribution in [1.82, 2.24) is 4.31 Å². The third-order valence-corrected chi connectivity index (χ3v) is 4.53. The van der Waals surface area contributed by atoms with Gasteiger partial charge in [0, 0.05) is 6.54 Å². The molecule has 0 unspecified atom stereocenters. The van der Waals surface area contributed by atoms with Crippen LogP contribution >= 0.6 is 0 Å². The van der Waals surface area contributed by atoms with E-state index in [4.69, 9.17) is 4.74 Å². The molecule has 21 heavy (non-hydrogen) atoms. The van der Waals surface area contributed by atoms with Crippen LogP contribution in [0.1, 0.15) is 12.5 Å². The van der Waals surface area contributed by atoms with E-state index in [1.165, 1.54) is 25.1 Å². The first kappa shape index (κ1) is 17.3. The van der Waals surface area contributed by atoms with Crippen LogP contribution in [0.15, 0.2) is 35.7 Å². The summed E-state index contributed by atoms with van der Waals surface area (Å²) in [4.78, 5) is 11.3. The van der Waals surface area contributed by atoms with Crippen LogP contribution in [0.3, 0.4) is 0 Å². The molecular weight excluding hydrogens is 297 g/mol. The summed E-state index contributed by atoms with van der Waals surface area (Å²) in [6, 6.07) is 3.61. The molecule has 5 nitrogen and oxygen atoms in total. The molecule has 0 amide bonds. The van der Waals surface area contributed by atoms with E-state index in [0.717, 1.165) is 10.4 Å². The van der Waals surface area contributed by atoms with E-state index in [9.17, 15) is 17.6 Å². The molecular formula is C14H18FNO4S. The largest absolute Gasteiger partial charge is 0.465 e. The van der Waals surface area contributed by atoms with Gasteiger partial charge in [-0.1, -0.05) is 12.1 Å².